The van der Waals surface area contributed by atoms with E-state index in [0.717, 1.165) is 56.3 Å². The summed E-state index contributed by atoms with van der Waals surface area (Å²) < 4.78 is 10.8. The SMILES string of the molecule is O=C(COCc1cc(-c2cccs2)on1)NCCCN1CCN(Cc2ccccc2)CC1. The molecule has 0 bridgehead atoms. The summed E-state index contributed by atoms with van der Waals surface area (Å²) in [6.07, 6.45) is 0.942. The van der Waals surface area contributed by atoms with Crippen molar-refractivity contribution in [3.05, 3.63) is 65.2 Å². The van der Waals surface area contributed by atoms with Crippen LogP contribution in [0.1, 0.15) is 17.7 Å². The lowest BCUT2D eigenvalue weighted by molar-refractivity contribution is -0.126. The number of thiophene rings is 1. The fourth-order valence-electron chi connectivity index (χ4n) is 3.76. The van der Waals surface area contributed by atoms with Gasteiger partial charge in [0.25, 0.3) is 0 Å². The number of benzene rings is 1. The highest BCUT2D eigenvalue weighted by Crippen LogP contribution is 2.25. The molecule has 0 unspecified atom stereocenters. The molecule has 170 valence electrons. The van der Waals surface area contributed by atoms with Crippen LogP contribution in [0.4, 0.5) is 0 Å². The van der Waals surface area contributed by atoms with E-state index in [1.165, 1.54) is 5.56 Å². The summed E-state index contributed by atoms with van der Waals surface area (Å²) in [5.74, 6) is 0.628. The molecule has 3 aromatic rings. The van der Waals surface area contributed by atoms with Gasteiger partial charge in [-0.15, -0.1) is 11.3 Å². The molecule has 0 aliphatic carbocycles. The molecule has 1 aliphatic rings. The molecule has 8 heteroatoms. The van der Waals surface area contributed by atoms with Gasteiger partial charge in [-0.25, -0.2) is 0 Å². The summed E-state index contributed by atoms with van der Waals surface area (Å²) in [6.45, 7) is 7.31. The van der Waals surface area contributed by atoms with Gasteiger partial charge in [0.05, 0.1) is 11.5 Å². The molecule has 0 saturated carbocycles. The third kappa shape index (κ3) is 7.00. The van der Waals surface area contributed by atoms with Crippen molar-refractivity contribution in [1.29, 1.82) is 0 Å². The van der Waals surface area contributed by atoms with Gasteiger partial charge in [0.1, 0.15) is 12.3 Å². The highest BCUT2D eigenvalue weighted by atomic mass is 32.1. The van der Waals surface area contributed by atoms with Crippen LogP contribution >= 0.6 is 11.3 Å². The fourth-order valence-corrected chi connectivity index (χ4v) is 4.43. The molecule has 32 heavy (non-hydrogen) atoms. The van der Waals surface area contributed by atoms with E-state index in [0.29, 0.717) is 12.2 Å². The van der Waals surface area contributed by atoms with Gasteiger partial charge < -0.3 is 19.5 Å². The Morgan fingerprint density at radius 3 is 2.69 bits per heavy atom. The summed E-state index contributed by atoms with van der Waals surface area (Å²) in [5, 5.41) is 8.92. The van der Waals surface area contributed by atoms with Crippen LogP contribution in [0, 0.1) is 0 Å². The zero-order valence-electron chi connectivity index (χ0n) is 18.2. The Kier molecular flexibility index (Phi) is 8.44. The maximum absolute atomic E-state index is 12.0. The van der Waals surface area contributed by atoms with Gasteiger partial charge >= 0.3 is 0 Å². The van der Waals surface area contributed by atoms with Gasteiger partial charge in [-0.05, 0) is 30.0 Å². The summed E-state index contributed by atoms with van der Waals surface area (Å²) >= 11 is 1.60. The van der Waals surface area contributed by atoms with Crippen molar-refractivity contribution in [3.8, 4) is 10.6 Å². The minimum absolute atomic E-state index is 0.0271. The molecule has 4 rings (SSSR count). The van der Waals surface area contributed by atoms with E-state index in [1.807, 2.05) is 23.6 Å². The fraction of sp³-hybridized carbons (Fsp3) is 0.417. The highest BCUT2D eigenvalue weighted by Gasteiger charge is 2.16. The molecular weight excluding hydrogens is 424 g/mol. The van der Waals surface area contributed by atoms with E-state index in [-0.39, 0.29) is 19.1 Å². The highest BCUT2D eigenvalue weighted by molar-refractivity contribution is 7.13. The van der Waals surface area contributed by atoms with Gasteiger partial charge in [-0.1, -0.05) is 41.6 Å². The van der Waals surface area contributed by atoms with E-state index in [4.69, 9.17) is 9.26 Å². The third-order valence-electron chi connectivity index (χ3n) is 5.49. The molecule has 0 atom stereocenters. The number of piperazine rings is 1. The van der Waals surface area contributed by atoms with Gasteiger partial charge in [-0.2, -0.15) is 0 Å². The number of aromatic nitrogens is 1. The number of rotatable bonds is 11. The summed E-state index contributed by atoms with van der Waals surface area (Å²) in [4.78, 5) is 18.0. The molecule has 1 fully saturated rings. The minimum atomic E-state index is -0.0975. The number of carbonyl (C=O) groups is 1. The number of hydrogen-bond acceptors (Lipinski definition) is 7. The first-order chi connectivity index (χ1) is 15.8. The molecular formula is C24H30N4O3S. The van der Waals surface area contributed by atoms with Crippen LogP contribution in [0.15, 0.2) is 58.4 Å². The zero-order valence-corrected chi connectivity index (χ0v) is 19.1. The predicted molar refractivity (Wildman–Crippen MR) is 125 cm³/mol. The Morgan fingerprint density at radius 1 is 1.09 bits per heavy atom. The molecule has 1 amide bonds. The van der Waals surface area contributed by atoms with Crippen molar-refractivity contribution in [3.63, 3.8) is 0 Å². The quantitative estimate of drug-likeness (QED) is 0.449. The topological polar surface area (TPSA) is 70.8 Å². The Bertz CT molecular complexity index is 937. The van der Waals surface area contributed by atoms with Crippen LogP contribution < -0.4 is 5.32 Å². The van der Waals surface area contributed by atoms with Crippen LogP contribution in [0.3, 0.4) is 0 Å². The van der Waals surface area contributed by atoms with E-state index in [9.17, 15) is 4.79 Å². The maximum atomic E-state index is 12.0. The van der Waals surface area contributed by atoms with E-state index in [2.05, 4.69) is 50.6 Å². The second kappa shape index (κ2) is 11.9. The molecule has 1 aromatic carbocycles. The van der Waals surface area contributed by atoms with Gasteiger partial charge in [0.2, 0.25) is 5.91 Å². The standard InChI is InChI=1S/C24H30N4O3S/c29-24(19-30-18-21-16-22(31-26-21)23-8-4-15-32-23)25-9-5-10-27-11-13-28(14-12-27)17-20-6-2-1-3-7-20/h1-4,6-8,15-16H,5,9-14,17-19H2,(H,25,29). The minimum Gasteiger partial charge on any atom is -0.365 e. The first-order valence-electron chi connectivity index (χ1n) is 11.1. The van der Waals surface area contributed by atoms with Gasteiger partial charge in [0.15, 0.2) is 5.76 Å². The normalized spacial score (nSPS) is 15.1. The number of nitrogens with one attached hydrogen (secondary N) is 1. The average Bonchev–Trinajstić information content (AvgIpc) is 3.51. The second-order valence-electron chi connectivity index (χ2n) is 7.96. The summed E-state index contributed by atoms with van der Waals surface area (Å²) in [6, 6.07) is 16.4. The average molecular weight is 455 g/mol. The molecule has 7 nitrogen and oxygen atoms in total. The molecule has 3 heterocycles. The number of hydrogen-bond donors (Lipinski definition) is 1. The first-order valence-corrected chi connectivity index (χ1v) is 12.0. The molecule has 1 N–H and O–H groups in total. The Balaban J connectivity index is 1.04. The molecule has 0 radical (unpaired) electrons. The third-order valence-corrected chi connectivity index (χ3v) is 6.38. The Morgan fingerprint density at radius 2 is 1.91 bits per heavy atom. The van der Waals surface area contributed by atoms with Crippen LogP contribution in [0.2, 0.25) is 0 Å². The van der Waals surface area contributed by atoms with E-state index >= 15 is 0 Å². The van der Waals surface area contributed by atoms with Crippen LogP contribution in [-0.4, -0.2) is 66.7 Å². The molecule has 1 aliphatic heterocycles. The van der Waals surface area contributed by atoms with Crippen LogP contribution in [0.5, 0.6) is 0 Å². The van der Waals surface area contributed by atoms with Crippen LogP contribution in [0.25, 0.3) is 10.6 Å². The number of amides is 1. The summed E-state index contributed by atoms with van der Waals surface area (Å²) in [5.41, 5.74) is 2.06. The van der Waals surface area contributed by atoms with Crippen molar-refractivity contribution >= 4 is 17.2 Å². The van der Waals surface area contributed by atoms with Crippen molar-refractivity contribution in [1.82, 2.24) is 20.3 Å². The van der Waals surface area contributed by atoms with Crippen LogP contribution in [-0.2, 0) is 22.7 Å². The van der Waals surface area contributed by atoms with Gasteiger partial charge in [0, 0.05) is 45.3 Å². The van der Waals surface area contributed by atoms with Crippen molar-refractivity contribution in [2.75, 3.05) is 45.9 Å². The predicted octanol–water partition coefficient (Wildman–Crippen LogP) is 3.24. The molecule has 1 saturated heterocycles. The Hall–Kier alpha value is -2.52. The summed E-state index contributed by atoms with van der Waals surface area (Å²) in [7, 11) is 0. The monoisotopic (exact) mass is 454 g/mol. The lowest BCUT2D eigenvalue weighted by atomic mass is 10.2. The maximum Gasteiger partial charge on any atom is 0.246 e. The Labute approximate surface area is 193 Å². The lowest BCUT2D eigenvalue weighted by Crippen LogP contribution is -2.46. The first kappa shape index (κ1) is 22.7. The largest absolute Gasteiger partial charge is 0.365 e. The van der Waals surface area contributed by atoms with E-state index in [1.54, 1.807) is 11.3 Å². The van der Waals surface area contributed by atoms with Crippen molar-refractivity contribution in [2.24, 2.45) is 0 Å². The molecule has 2 aromatic heterocycles. The number of carbonyl (C=O) groups excluding carboxylic acids is 1. The lowest BCUT2D eigenvalue weighted by Gasteiger charge is -2.34. The molecule has 0 spiro atoms. The number of ether oxygens (including phenoxy) is 1. The van der Waals surface area contributed by atoms with Gasteiger partial charge in [-0.3, -0.25) is 9.69 Å². The number of nitrogens with zero attached hydrogens (tertiary/aromatic N) is 3. The van der Waals surface area contributed by atoms with Crippen molar-refractivity contribution in [2.45, 2.75) is 19.6 Å². The van der Waals surface area contributed by atoms with E-state index < -0.39 is 0 Å². The smallest absolute Gasteiger partial charge is 0.246 e. The zero-order chi connectivity index (χ0) is 22.0. The van der Waals surface area contributed by atoms with Crippen molar-refractivity contribution < 1.29 is 14.1 Å². The second-order valence-corrected chi connectivity index (χ2v) is 8.91.